The van der Waals surface area contributed by atoms with E-state index in [-0.39, 0.29) is 17.2 Å². The van der Waals surface area contributed by atoms with Crippen LogP contribution in [0.1, 0.15) is 15.2 Å². The zero-order valence-electron chi connectivity index (χ0n) is 16.4. The molecule has 1 heterocycles. The van der Waals surface area contributed by atoms with Crippen molar-refractivity contribution in [2.45, 2.75) is 6.42 Å². The maximum absolute atomic E-state index is 14.2. The van der Waals surface area contributed by atoms with Crippen LogP contribution in [0.25, 0.3) is 21.2 Å². The lowest BCUT2D eigenvalue weighted by molar-refractivity contribution is 0.103. The number of hydrogen-bond donors (Lipinski definition) is 1. The summed E-state index contributed by atoms with van der Waals surface area (Å²) in [5.41, 5.74) is 1.81. The zero-order valence-corrected chi connectivity index (χ0v) is 18.8. The second-order valence-electron chi connectivity index (χ2n) is 7.05. The lowest BCUT2D eigenvalue weighted by Crippen LogP contribution is -2.10. The van der Waals surface area contributed by atoms with Crippen molar-refractivity contribution in [1.29, 1.82) is 0 Å². The number of fused-ring (bicyclic) bond motifs is 1. The molecule has 0 aliphatic carbocycles. The maximum Gasteiger partial charge on any atom is 0.265 e. The fourth-order valence-electron chi connectivity index (χ4n) is 3.30. The van der Waals surface area contributed by atoms with E-state index in [2.05, 4.69) is 5.32 Å². The predicted molar refractivity (Wildman–Crippen MR) is 124 cm³/mol. The van der Waals surface area contributed by atoms with E-state index in [0.717, 1.165) is 27.8 Å². The predicted octanol–water partition coefficient (Wildman–Crippen LogP) is 6.17. The molecular formula is C23H15ClF2NO3S2-. The smallest absolute Gasteiger partial charge is 0.265 e. The van der Waals surface area contributed by atoms with Gasteiger partial charge in [0.25, 0.3) is 5.91 Å². The summed E-state index contributed by atoms with van der Waals surface area (Å²) >= 11 is 5.35. The van der Waals surface area contributed by atoms with E-state index >= 15 is 0 Å². The number of aryl methyl sites for hydroxylation is 1. The van der Waals surface area contributed by atoms with Crippen molar-refractivity contribution in [3.8, 4) is 11.1 Å². The molecule has 0 aliphatic rings. The van der Waals surface area contributed by atoms with Gasteiger partial charge in [0.1, 0.15) is 11.6 Å². The normalized spacial score (nSPS) is 12.1. The van der Waals surface area contributed by atoms with Crippen LogP contribution in [-0.2, 0) is 17.5 Å². The molecule has 0 spiro atoms. The fourth-order valence-corrected chi connectivity index (χ4v) is 4.87. The minimum atomic E-state index is -2.11. The van der Waals surface area contributed by atoms with E-state index in [4.69, 9.17) is 11.6 Å². The van der Waals surface area contributed by atoms with Gasteiger partial charge in [-0.2, -0.15) is 0 Å². The highest BCUT2D eigenvalue weighted by molar-refractivity contribution is 7.79. The first-order chi connectivity index (χ1) is 15.3. The molecule has 0 saturated carbocycles. The van der Waals surface area contributed by atoms with Crippen molar-refractivity contribution in [3.05, 3.63) is 87.8 Å². The molecule has 1 aromatic heterocycles. The molecule has 0 saturated heterocycles. The summed E-state index contributed by atoms with van der Waals surface area (Å²) in [6.07, 6.45) is 0.397. The van der Waals surface area contributed by atoms with Gasteiger partial charge >= 0.3 is 0 Å². The van der Waals surface area contributed by atoms with Crippen molar-refractivity contribution in [2.75, 3.05) is 11.1 Å². The quantitative estimate of drug-likeness (QED) is 0.328. The molecule has 4 aromatic rings. The third-order valence-electron chi connectivity index (χ3n) is 4.76. The van der Waals surface area contributed by atoms with Gasteiger partial charge in [0, 0.05) is 32.8 Å². The molecule has 32 heavy (non-hydrogen) atoms. The molecule has 164 valence electrons. The average molecular weight is 491 g/mol. The van der Waals surface area contributed by atoms with Crippen LogP contribution >= 0.6 is 22.9 Å². The van der Waals surface area contributed by atoms with Gasteiger partial charge in [-0.25, -0.2) is 8.78 Å². The Hall–Kier alpha value is -2.65. The number of rotatable bonds is 6. The van der Waals surface area contributed by atoms with Crippen LogP contribution in [0.15, 0.2) is 60.7 Å². The first-order valence-electron chi connectivity index (χ1n) is 9.44. The fraction of sp³-hybridized carbons (Fsp3) is 0.0870. The molecule has 0 aliphatic heterocycles. The lowest BCUT2D eigenvalue weighted by Gasteiger charge is -2.09. The van der Waals surface area contributed by atoms with Crippen LogP contribution in [0.4, 0.5) is 14.5 Å². The van der Waals surface area contributed by atoms with Crippen molar-refractivity contribution in [2.24, 2.45) is 0 Å². The highest BCUT2D eigenvalue weighted by Gasteiger charge is 2.14. The van der Waals surface area contributed by atoms with E-state index in [1.54, 1.807) is 18.2 Å². The van der Waals surface area contributed by atoms with E-state index in [1.807, 2.05) is 18.2 Å². The molecule has 1 amide bonds. The Labute approximate surface area is 194 Å². The summed E-state index contributed by atoms with van der Waals surface area (Å²) in [5, 5.41) is 3.90. The Morgan fingerprint density at radius 1 is 1.06 bits per heavy atom. The van der Waals surface area contributed by atoms with Gasteiger partial charge in [0.2, 0.25) is 0 Å². The number of nitrogens with one attached hydrogen (secondary N) is 1. The third-order valence-corrected chi connectivity index (χ3v) is 6.63. The Balaban J connectivity index is 1.57. The lowest BCUT2D eigenvalue weighted by atomic mass is 10.0. The van der Waals surface area contributed by atoms with Gasteiger partial charge in [0.05, 0.1) is 4.88 Å². The average Bonchev–Trinajstić information content (AvgIpc) is 3.15. The van der Waals surface area contributed by atoms with Crippen molar-refractivity contribution < 1.29 is 22.3 Å². The van der Waals surface area contributed by atoms with Gasteiger partial charge in [-0.05, 0) is 65.4 Å². The van der Waals surface area contributed by atoms with Crippen molar-refractivity contribution >= 4 is 55.7 Å². The Kier molecular flexibility index (Phi) is 6.66. The van der Waals surface area contributed by atoms with Gasteiger partial charge in [-0.15, -0.1) is 11.3 Å². The summed E-state index contributed by atoms with van der Waals surface area (Å²) in [5.74, 6) is -1.74. The molecule has 4 nitrogen and oxygen atoms in total. The minimum Gasteiger partial charge on any atom is -0.772 e. The third kappa shape index (κ3) is 5.21. The highest BCUT2D eigenvalue weighted by Crippen LogP contribution is 2.31. The number of anilines is 1. The van der Waals surface area contributed by atoms with E-state index in [1.165, 1.54) is 23.5 Å². The Bertz CT molecular complexity index is 1360. The molecule has 0 bridgehead atoms. The van der Waals surface area contributed by atoms with Gasteiger partial charge in [0.15, 0.2) is 0 Å². The summed E-state index contributed by atoms with van der Waals surface area (Å²) < 4.78 is 49.8. The van der Waals surface area contributed by atoms with Gasteiger partial charge in [-0.1, -0.05) is 34.8 Å². The van der Waals surface area contributed by atoms with Crippen LogP contribution in [-0.4, -0.2) is 20.4 Å². The van der Waals surface area contributed by atoms with Crippen LogP contribution in [0.2, 0.25) is 5.02 Å². The zero-order chi connectivity index (χ0) is 22.8. The summed E-state index contributed by atoms with van der Waals surface area (Å²) in [4.78, 5) is 13.3. The second kappa shape index (κ2) is 9.46. The molecule has 4 rings (SSSR count). The number of benzene rings is 3. The van der Waals surface area contributed by atoms with Gasteiger partial charge < -0.3 is 9.87 Å². The molecular weight excluding hydrogens is 476 g/mol. The Morgan fingerprint density at radius 2 is 1.88 bits per heavy atom. The molecule has 0 fully saturated rings. The van der Waals surface area contributed by atoms with Crippen LogP contribution < -0.4 is 5.32 Å². The van der Waals surface area contributed by atoms with Crippen LogP contribution in [0.5, 0.6) is 0 Å². The number of carbonyl (C=O) groups is 1. The first-order valence-corrected chi connectivity index (χ1v) is 11.9. The number of hydrogen-bond acceptors (Lipinski definition) is 4. The van der Waals surface area contributed by atoms with Gasteiger partial charge in [-0.3, -0.25) is 9.00 Å². The standard InChI is InChI=1S/C23H16ClF2NO3S2/c24-16-8-14(19-3-2-17(25)12-20(19)26)9-18(11-16)27-23(28)22-10-15-7-13(5-6-32(29)30)1-4-21(15)31-22/h1-4,7-12H,5-6H2,(H,27,28)(H,29,30)/p-1. The van der Waals surface area contributed by atoms with E-state index < -0.39 is 22.7 Å². The minimum absolute atomic E-state index is 0.0364. The van der Waals surface area contributed by atoms with Crippen LogP contribution in [0, 0.1) is 11.6 Å². The summed E-state index contributed by atoms with van der Waals surface area (Å²) in [7, 11) is 0. The van der Waals surface area contributed by atoms with Crippen molar-refractivity contribution in [1.82, 2.24) is 0 Å². The Morgan fingerprint density at radius 3 is 2.62 bits per heavy atom. The summed E-state index contributed by atoms with van der Waals surface area (Å²) in [6.45, 7) is 0. The maximum atomic E-state index is 14.2. The van der Waals surface area contributed by atoms with Crippen LogP contribution in [0.3, 0.4) is 0 Å². The molecule has 1 N–H and O–H groups in total. The highest BCUT2D eigenvalue weighted by atomic mass is 35.5. The summed E-state index contributed by atoms with van der Waals surface area (Å²) in [6, 6.07) is 15.2. The number of thiophene rings is 1. The molecule has 0 radical (unpaired) electrons. The molecule has 3 aromatic carbocycles. The molecule has 1 atom stereocenters. The molecule has 1 unspecified atom stereocenters. The van der Waals surface area contributed by atoms with E-state index in [0.29, 0.717) is 27.6 Å². The SMILES string of the molecule is O=C(Nc1cc(Cl)cc(-c2ccc(F)cc2F)c1)c1cc2cc(CCS(=O)[O-])ccc2s1. The van der Waals surface area contributed by atoms with Crippen molar-refractivity contribution in [3.63, 3.8) is 0 Å². The second-order valence-corrected chi connectivity index (χ2v) is 9.58. The molecule has 9 heteroatoms. The number of halogens is 3. The first kappa shape index (κ1) is 22.5. The monoisotopic (exact) mass is 490 g/mol. The number of carbonyl (C=O) groups excluding carboxylic acids is 1. The van der Waals surface area contributed by atoms with E-state index in [9.17, 15) is 22.3 Å². The largest absolute Gasteiger partial charge is 0.772 e. The number of amides is 1. The topological polar surface area (TPSA) is 69.2 Å².